The molecule has 0 bridgehead atoms. The first kappa shape index (κ1) is 11.3. The number of aryl methyl sites for hydroxylation is 1. The predicted molar refractivity (Wildman–Crippen MR) is 71.0 cm³/mol. The molecule has 0 saturated heterocycles. The predicted octanol–water partition coefficient (Wildman–Crippen LogP) is 2.98. The summed E-state index contributed by atoms with van der Waals surface area (Å²) in [6.07, 6.45) is 4.06. The zero-order valence-electron chi connectivity index (χ0n) is 10.0. The standard InChI is InChI=1S/C13H13N3OS/c1-8-3-2-6-14-11(8)12(17)16-13-15-10(7-18-13)9-4-5-9/h2-3,6-7,9H,4-5H2,1H3,(H,15,16,17). The van der Waals surface area contributed by atoms with Crippen molar-refractivity contribution in [3.8, 4) is 0 Å². The molecule has 3 rings (SSSR count). The minimum absolute atomic E-state index is 0.190. The van der Waals surface area contributed by atoms with Crippen LogP contribution >= 0.6 is 11.3 Å². The second-order valence-corrected chi connectivity index (χ2v) is 5.33. The Bertz CT molecular complexity index is 589. The second kappa shape index (κ2) is 4.49. The molecule has 1 amide bonds. The van der Waals surface area contributed by atoms with Gasteiger partial charge in [0.2, 0.25) is 0 Å². The van der Waals surface area contributed by atoms with E-state index in [0.717, 1.165) is 11.3 Å². The Morgan fingerprint density at radius 2 is 2.33 bits per heavy atom. The first-order valence-electron chi connectivity index (χ1n) is 5.92. The summed E-state index contributed by atoms with van der Waals surface area (Å²) in [6.45, 7) is 1.87. The zero-order valence-corrected chi connectivity index (χ0v) is 10.8. The fraction of sp³-hybridized carbons (Fsp3) is 0.308. The van der Waals surface area contributed by atoms with Crippen LogP contribution in [0.15, 0.2) is 23.7 Å². The van der Waals surface area contributed by atoms with Crippen LogP contribution in [0.25, 0.3) is 0 Å². The van der Waals surface area contributed by atoms with Crippen LogP contribution in [0.2, 0.25) is 0 Å². The first-order chi connectivity index (χ1) is 8.74. The maximum Gasteiger partial charge on any atom is 0.276 e. The fourth-order valence-electron chi connectivity index (χ4n) is 1.79. The average Bonchev–Trinajstić information content (AvgIpc) is 3.11. The highest BCUT2D eigenvalue weighted by atomic mass is 32.1. The number of pyridine rings is 1. The van der Waals surface area contributed by atoms with Gasteiger partial charge >= 0.3 is 0 Å². The van der Waals surface area contributed by atoms with Crippen LogP contribution in [0, 0.1) is 6.92 Å². The number of carbonyl (C=O) groups is 1. The highest BCUT2D eigenvalue weighted by Gasteiger charge is 2.26. The van der Waals surface area contributed by atoms with Gasteiger partial charge in [-0.05, 0) is 31.4 Å². The van der Waals surface area contributed by atoms with E-state index < -0.39 is 0 Å². The first-order valence-corrected chi connectivity index (χ1v) is 6.80. The number of aromatic nitrogens is 2. The minimum atomic E-state index is -0.190. The van der Waals surface area contributed by atoms with Gasteiger partial charge in [0.25, 0.3) is 5.91 Å². The van der Waals surface area contributed by atoms with Crippen LogP contribution in [0.5, 0.6) is 0 Å². The molecule has 0 aromatic carbocycles. The van der Waals surface area contributed by atoms with Gasteiger partial charge in [-0.15, -0.1) is 11.3 Å². The molecule has 5 heteroatoms. The van der Waals surface area contributed by atoms with E-state index in [1.165, 1.54) is 24.2 Å². The normalized spacial score (nSPS) is 14.5. The summed E-state index contributed by atoms with van der Waals surface area (Å²) < 4.78 is 0. The molecule has 1 N–H and O–H groups in total. The van der Waals surface area contributed by atoms with Gasteiger partial charge in [0.15, 0.2) is 5.13 Å². The average molecular weight is 259 g/mol. The molecule has 1 saturated carbocycles. The van der Waals surface area contributed by atoms with E-state index in [1.54, 1.807) is 6.20 Å². The van der Waals surface area contributed by atoms with Gasteiger partial charge in [0.1, 0.15) is 5.69 Å². The van der Waals surface area contributed by atoms with Gasteiger partial charge in [-0.2, -0.15) is 0 Å². The monoisotopic (exact) mass is 259 g/mol. The Hall–Kier alpha value is -1.75. The third-order valence-corrected chi connectivity index (χ3v) is 3.74. The molecule has 2 heterocycles. The van der Waals surface area contributed by atoms with Gasteiger partial charge in [-0.3, -0.25) is 15.1 Å². The Kier molecular flexibility index (Phi) is 2.83. The molecule has 0 unspecified atom stereocenters. The van der Waals surface area contributed by atoms with Gasteiger partial charge in [0, 0.05) is 17.5 Å². The van der Waals surface area contributed by atoms with Crippen molar-refractivity contribution in [3.05, 3.63) is 40.7 Å². The number of carbonyl (C=O) groups excluding carboxylic acids is 1. The summed E-state index contributed by atoms with van der Waals surface area (Å²) in [5.41, 5.74) is 2.43. The van der Waals surface area contributed by atoms with Crippen LogP contribution in [0.3, 0.4) is 0 Å². The molecule has 1 aliphatic carbocycles. The molecule has 0 radical (unpaired) electrons. The SMILES string of the molecule is Cc1cccnc1C(=O)Nc1nc(C2CC2)cs1. The summed E-state index contributed by atoms with van der Waals surface area (Å²) in [6, 6.07) is 3.69. The van der Waals surface area contributed by atoms with Crippen molar-refractivity contribution < 1.29 is 4.79 Å². The molecular weight excluding hydrogens is 246 g/mol. The Morgan fingerprint density at radius 1 is 1.50 bits per heavy atom. The summed E-state index contributed by atoms with van der Waals surface area (Å²) in [5, 5.41) is 5.49. The number of hydrogen-bond acceptors (Lipinski definition) is 4. The molecule has 4 nitrogen and oxygen atoms in total. The maximum atomic E-state index is 12.0. The number of hydrogen-bond donors (Lipinski definition) is 1. The smallest absolute Gasteiger partial charge is 0.276 e. The quantitative estimate of drug-likeness (QED) is 0.922. The number of nitrogens with one attached hydrogen (secondary N) is 1. The topological polar surface area (TPSA) is 54.9 Å². The number of nitrogens with zero attached hydrogens (tertiary/aromatic N) is 2. The van der Waals surface area contributed by atoms with Crippen LogP contribution < -0.4 is 5.32 Å². The highest BCUT2D eigenvalue weighted by molar-refractivity contribution is 7.14. The molecule has 1 fully saturated rings. The van der Waals surface area contributed by atoms with Crippen molar-refractivity contribution in [2.75, 3.05) is 5.32 Å². The fourth-order valence-corrected chi connectivity index (χ4v) is 2.58. The highest BCUT2D eigenvalue weighted by Crippen LogP contribution is 2.40. The third-order valence-electron chi connectivity index (χ3n) is 2.96. The zero-order chi connectivity index (χ0) is 12.5. The van der Waals surface area contributed by atoms with Crippen molar-refractivity contribution in [3.63, 3.8) is 0 Å². The minimum Gasteiger partial charge on any atom is -0.296 e. The van der Waals surface area contributed by atoms with Gasteiger partial charge in [-0.25, -0.2) is 4.98 Å². The molecule has 2 aromatic heterocycles. The van der Waals surface area contributed by atoms with Crippen LogP contribution in [0.1, 0.15) is 40.5 Å². The summed E-state index contributed by atoms with van der Waals surface area (Å²) >= 11 is 1.48. The summed E-state index contributed by atoms with van der Waals surface area (Å²) in [7, 11) is 0. The van der Waals surface area contributed by atoms with Crippen molar-refractivity contribution in [2.45, 2.75) is 25.7 Å². The van der Waals surface area contributed by atoms with Crippen molar-refractivity contribution in [1.82, 2.24) is 9.97 Å². The largest absolute Gasteiger partial charge is 0.296 e. The van der Waals surface area contributed by atoms with E-state index in [9.17, 15) is 4.79 Å². The molecule has 92 valence electrons. The molecule has 18 heavy (non-hydrogen) atoms. The van der Waals surface area contributed by atoms with Crippen molar-refractivity contribution in [2.24, 2.45) is 0 Å². The molecule has 0 atom stereocenters. The Balaban J connectivity index is 1.75. The Morgan fingerprint density at radius 3 is 3.06 bits per heavy atom. The van der Waals surface area contributed by atoms with Gasteiger partial charge in [0.05, 0.1) is 5.69 Å². The number of thiazole rings is 1. The van der Waals surface area contributed by atoms with E-state index in [1.807, 2.05) is 24.4 Å². The van der Waals surface area contributed by atoms with Gasteiger partial charge < -0.3 is 0 Å². The summed E-state index contributed by atoms with van der Waals surface area (Å²) in [5.74, 6) is 0.424. The van der Waals surface area contributed by atoms with Crippen LogP contribution in [-0.2, 0) is 0 Å². The molecule has 2 aromatic rings. The lowest BCUT2D eigenvalue weighted by Crippen LogP contribution is -2.14. The number of anilines is 1. The van der Waals surface area contributed by atoms with Crippen LogP contribution in [0.4, 0.5) is 5.13 Å². The molecule has 0 aliphatic heterocycles. The van der Waals surface area contributed by atoms with Crippen molar-refractivity contribution in [1.29, 1.82) is 0 Å². The number of rotatable bonds is 3. The lowest BCUT2D eigenvalue weighted by molar-refractivity contribution is 0.102. The number of amides is 1. The van der Waals surface area contributed by atoms with E-state index >= 15 is 0 Å². The van der Waals surface area contributed by atoms with E-state index in [0.29, 0.717) is 16.7 Å². The lowest BCUT2D eigenvalue weighted by Gasteiger charge is -2.03. The van der Waals surface area contributed by atoms with Gasteiger partial charge in [-0.1, -0.05) is 6.07 Å². The third kappa shape index (κ3) is 2.26. The summed E-state index contributed by atoms with van der Waals surface area (Å²) in [4.78, 5) is 20.5. The van der Waals surface area contributed by atoms with E-state index in [4.69, 9.17) is 0 Å². The molecule has 0 spiro atoms. The lowest BCUT2D eigenvalue weighted by atomic mass is 10.2. The van der Waals surface area contributed by atoms with E-state index in [2.05, 4.69) is 15.3 Å². The Labute approximate surface area is 109 Å². The van der Waals surface area contributed by atoms with Crippen molar-refractivity contribution >= 4 is 22.4 Å². The second-order valence-electron chi connectivity index (χ2n) is 4.47. The van der Waals surface area contributed by atoms with E-state index in [-0.39, 0.29) is 5.91 Å². The van der Waals surface area contributed by atoms with Crippen LogP contribution in [-0.4, -0.2) is 15.9 Å². The molecule has 1 aliphatic rings. The maximum absolute atomic E-state index is 12.0. The molecular formula is C13H13N3OS.